The molecule has 0 N–H and O–H groups in total. The summed E-state index contributed by atoms with van der Waals surface area (Å²) in [6, 6.07) is 0. The number of hydrogen-bond acceptors (Lipinski definition) is 0. The molecule has 16 heavy (non-hydrogen) atoms. The first-order chi connectivity index (χ1) is 7.45. The van der Waals surface area contributed by atoms with Gasteiger partial charge < -0.3 is 0 Å². The molecule has 0 nitrogen and oxygen atoms in total. The van der Waals surface area contributed by atoms with Crippen LogP contribution < -0.4 is 0 Å². The van der Waals surface area contributed by atoms with Crippen molar-refractivity contribution in [2.75, 3.05) is 0 Å². The van der Waals surface area contributed by atoms with Gasteiger partial charge in [-0.15, -0.1) is 0 Å². The maximum Gasteiger partial charge on any atom is -0.0297 e. The van der Waals surface area contributed by atoms with Crippen LogP contribution in [0.3, 0.4) is 0 Å². The van der Waals surface area contributed by atoms with Gasteiger partial charge in [0.05, 0.1) is 0 Å². The lowest BCUT2D eigenvalue weighted by molar-refractivity contribution is -0.0450. The normalized spacial score (nSPS) is 32.2. The molecule has 0 spiro atoms. The van der Waals surface area contributed by atoms with Crippen molar-refractivity contribution in [1.82, 2.24) is 0 Å². The quantitative estimate of drug-likeness (QED) is 0.557. The fourth-order valence-corrected chi connectivity index (χ4v) is 3.74. The fourth-order valence-electron chi connectivity index (χ4n) is 3.74. The van der Waals surface area contributed by atoms with Crippen LogP contribution in [0.1, 0.15) is 73.6 Å². The Kier molecular flexibility index (Phi) is 4.88. The second kappa shape index (κ2) is 5.56. The molecule has 0 heterocycles. The maximum absolute atomic E-state index is 2.52. The lowest BCUT2D eigenvalue weighted by Crippen LogP contribution is -2.46. The third kappa shape index (κ3) is 2.63. The second-order valence-electron chi connectivity index (χ2n) is 6.76. The molecule has 0 aromatic carbocycles. The van der Waals surface area contributed by atoms with Gasteiger partial charge in [0, 0.05) is 0 Å². The molecule has 0 saturated heterocycles. The summed E-state index contributed by atoms with van der Waals surface area (Å²) in [4.78, 5) is 0. The number of unbranched alkanes of at least 4 members (excludes halogenated alkanes) is 1. The van der Waals surface area contributed by atoms with Crippen molar-refractivity contribution in [3.05, 3.63) is 0 Å². The third-order valence-electron chi connectivity index (χ3n) is 5.56. The van der Waals surface area contributed by atoms with Gasteiger partial charge in [0.2, 0.25) is 0 Å². The Balaban J connectivity index is 2.56. The van der Waals surface area contributed by atoms with E-state index in [9.17, 15) is 0 Å². The summed E-state index contributed by atoms with van der Waals surface area (Å²) in [5, 5.41) is 0. The van der Waals surface area contributed by atoms with E-state index in [1.165, 1.54) is 32.1 Å². The first-order valence-corrected chi connectivity index (χ1v) is 7.45. The summed E-state index contributed by atoms with van der Waals surface area (Å²) < 4.78 is 0. The van der Waals surface area contributed by atoms with E-state index in [2.05, 4.69) is 41.5 Å². The first-order valence-electron chi connectivity index (χ1n) is 7.45. The average Bonchev–Trinajstić information content (AvgIpc) is 2.22. The van der Waals surface area contributed by atoms with Crippen molar-refractivity contribution in [3.8, 4) is 0 Å². The molecule has 1 aliphatic carbocycles. The highest BCUT2D eigenvalue weighted by atomic mass is 14.5. The molecule has 4 atom stereocenters. The molecular formula is C16H32. The lowest BCUT2D eigenvalue weighted by atomic mass is 9.52. The molecule has 1 fully saturated rings. The average molecular weight is 224 g/mol. The molecule has 0 aromatic rings. The highest BCUT2D eigenvalue weighted by Crippen LogP contribution is 2.54. The Hall–Kier alpha value is 0. The van der Waals surface area contributed by atoms with Gasteiger partial charge in [0.25, 0.3) is 0 Å². The molecule has 96 valence electrons. The Labute approximate surface area is 103 Å². The van der Waals surface area contributed by atoms with E-state index in [1.54, 1.807) is 0 Å². The van der Waals surface area contributed by atoms with Crippen LogP contribution in [0.25, 0.3) is 0 Å². The third-order valence-corrected chi connectivity index (χ3v) is 5.56. The van der Waals surface area contributed by atoms with Crippen molar-refractivity contribution in [1.29, 1.82) is 0 Å². The predicted molar refractivity (Wildman–Crippen MR) is 73.5 cm³/mol. The summed E-state index contributed by atoms with van der Waals surface area (Å²) in [7, 11) is 0. The van der Waals surface area contributed by atoms with Crippen LogP contribution in [-0.4, -0.2) is 0 Å². The maximum atomic E-state index is 2.52. The summed E-state index contributed by atoms with van der Waals surface area (Å²) in [5.74, 6) is 3.85. The standard InChI is InChI=1S/C16H32/c1-7-9-10-13(4)16(5,6)15-11-12(3)14(15)8-2/h12-15H,7-11H2,1-6H3. The molecule has 0 bridgehead atoms. The zero-order chi connectivity index (χ0) is 12.3. The van der Waals surface area contributed by atoms with Crippen molar-refractivity contribution in [3.63, 3.8) is 0 Å². The molecule has 1 aliphatic rings. The van der Waals surface area contributed by atoms with Crippen molar-refractivity contribution < 1.29 is 0 Å². The SMILES string of the molecule is CCCCC(C)C(C)(C)C1CC(C)C1CC. The molecule has 4 unspecified atom stereocenters. The van der Waals surface area contributed by atoms with Crippen LogP contribution >= 0.6 is 0 Å². The Bertz CT molecular complexity index is 204. The van der Waals surface area contributed by atoms with E-state index in [0.717, 1.165) is 23.7 Å². The van der Waals surface area contributed by atoms with Crippen molar-refractivity contribution in [2.45, 2.75) is 73.6 Å². The highest BCUT2D eigenvalue weighted by Gasteiger charge is 2.47. The van der Waals surface area contributed by atoms with Gasteiger partial charge in [-0.3, -0.25) is 0 Å². The van der Waals surface area contributed by atoms with Gasteiger partial charge >= 0.3 is 0 Å². The van der Waals surface area contributed by atoms with Crippen LogP contribution in [0, 0.1) is 29.1 Å². The molecule has 1 saturated carbocycles. The number of rotatable bonds is 6. The van der Waals surface area contributed by atoms with Gasteiger partial charge in [0.15, 0.2) is 0 Å². The van der Waals surface area contributed by atoms with Crippen molar-refractivity contribution >= 4 is 0 Å². The lowest BCUT2D eigenvalue weighted by Gasteiger charge is -2.54. The fraction of sp³-hybridized carbons (Fsp3) is 1.00. The summed E-state index contributed by atoms with van der Waals surface area (Å²) in [6.45, 7) is 14.6. The Morgan fingerprint density at radius 3 is 2.31 bits per heavy atom. The summed E-state index contributed by atoms with van der Waals surface area (Å²) >= 11 is 0. The van der Waals surface area contributed by atoms with E-state index in [0.29, 0.717) is 5.41 Å². The zero-order valence-corrected chi connectivity index (χ0v) is 12.3. The Morgan fingerprint density at radius 2 is 1.88 bits per heavy atom. The molecule has 0 amide bonds. The predicted octanol–water partition coefficient (Wildman–Crippen LogP) is 5.52. The van der Waals surface area contributed by atoms with Crippen LogP contribution in [0.2, 0.25) is 0 Å². The summed E-state index contributed by atoms with van der Waals surface area (Å²) in [6.07, 6.45) is 7.03. The summed E-state index contributed by atoms with van der Waals surface area (Å²) in [5.41, 5.74) is 0.558. The molecule has 0 radical (unpaired) electrons. The van der Waals surface area contributed by atoms with E-state index >= 15 is 0 Å². The van der Waals surface area contributed by atoms with E-state index in [1.807, 2.05) is 0 Å². The minimum Gasteiger partial charge on any atom is -0.0654 e. The van der Waals surface area contributed by atoms with E-state index in [-0.39, 0.29) is 0 Å². The molecule has 0 aromatic heterocycles. The topological polar surface area (TPSA) is 0 Å². The van der Waals surface area contributed by atoms with Crippen molar-refractivity contribution in [2.24, 2.45) is 29.1 Å². The minimum absolute atomic E-state index is 0.558. The molecule has 0 aliphatic heterocycles. The van der Waals surface area contributed by atoms with Gasteiger partial charge in [-0.2, -0.15) is 0 Å². The minimum atomic E-state index is 0.558. The molecule has 0 heteroatoms. The van der Waals surface area contributed by atoms with Crippen LogP contribution in [0.15, 0.2) is 0 Å². The highest BCUT2D eigenvalue weighted by molar-refractivity contribution is 4.96. The smallest absolute Gasteiger partial charge is 0.0297 e. The second-order valence-corrected chi connectivity index (χ2v) is 6.76. The molecule has 1 rings (SSSR count). The van der Waals surface area contributed by atoms with E-state index < -0.39 is 0 Å². The zero-order valence-electron chi connectivity index (χ0n) is 12.3. The van der Waals surface area contributed by atoms with Crippen LogP contribution in [-0.2, 0) is 0 Å². The monoisotopic (exact) mass is 224 g/mol. The largest absolute Gasteiger partial charge is 0.0654 e. The van der Waals surface area contributed by atoms with Crippen LogP contribution in [0.5, 0.6) is 0 Å². The molecular weight excluding hydrogens is 192 g/mol. The number of hydrogen-bond donors (Lipinski definition) is 0. The van der Waals surface area contributed by atoms with E-state index in [4.69, 9.17) is 0 Å². The van der Waals surface area contributed by atoms with Gasteiger partial charge in [-0.1, -0.05) is 67.2 Å². The van der Waals surface area contributed by atoms with Gasteiger partial charge in [-0.05, 0) is 35.5 Å². The van der Waals surface area contributed by atoms with Gasteiger partial charge in [0.1, 0.15) is 0 Å². The Morgan fingerprint density at radius 1 is 1.25 bits per heavy atom. The van der Waals surface area contributed by atoms with Crippen LogP contribution in [0.4, 0.5) is 0 Å². The first kappa shape index (κ1) is 14.1. The van der Waals surface area contributed by atoms with Gasteiger partial charge in [-0.25, -0.2) is 0 Å².